The van der Waals surface area contributed by atoms with Crippen LogP contribution in [0.3, 0.4) is 0 Å². The number of carboxylic acids is 1. The maximum absolute atomic E-state index is 12.2. The summed E-state index contributed by atoms with van der Waals surface area (Å²) in [6, 6.07) is -0.0229. The van der Waals surface area contributed by atoms with Gasteiger partial charge in [-0.25, -0.2) is 4.79 Å². The van der Waals surface area contributed by atoms with Crippen molar-refractivity contribution in [2.75, 3.05) is 26.7 Å². The zero-order valence-electron chi connectivity index (χ0n) is 11.3. The van der Waals surface area contributed by atoms with E-state index in [-0.39, 0.29) is 18.1 Å². The number of carboxylic acid groups (broad SMARTS) is 1. The van der Waals surface area contributed by atoms with E-state index < -0.39 is 5.97 Å². The number of rotatable bonds is 3. The van der Waals surface area contributed by atoms with E-state index in [0.717, 1.165) is 12.8 Å². The first-order valence-corrected chi connectivity index (χ1v) is 6.88. The van der Waals surface area contributed by atoms with E-state index in [0.29, 0.717) is 38.4 Å². The van der Waals surface area contributed by atoms with Crippen LogP contribution in [0.4, 0.5) is 4.79 Å². The van der Waals surface area contributed by atoms with Crippen LogP contribution < -0.4 is 0 Å². The van der Waals surface area contributed by atoms with Crippen LogP contribution in [0.5, 0.6) is 0 Å². The number of aliphatic hydroxyl groups is 1. The van der Waals surface area contributed by atoms with Gasteiger partial charge in [-0.15, -0.1) is 0 Å². The molecule has 0 aromatic heterocycles. The Hall–Kier alpha value is -1.30. The van der Waals surface area contributed by atoms with Gasteiger partial charge in [0.05, 0.1) is 12.0 Å². The molecule has 0 unspecified atom stereocenters. The zero-order chi connectivity index (χ0) is 14.0. The van der Waals surface area contributed by atoms with Gasteiger partial charge in [-0.1, -0.05) is 0 Å². The first kappa shape index (κ1) is 14.1. The number of aliphatic carboxylic acids is 1. The van der Waals surface area contributed by atoms with Crippen LogP contribution in [0.1, 0.15) is 25.7 Å². The van der Waals surface area contributed by atoms with E-state index in [9.17, 15) is 14.7 Å². The summed E-state index contributed by atoms with van der Waals surface area (Å²) < 4.78 is 0. The van der Waals surface area contributed by atoms with Crippen molar-refractivity contribution in [2.24, 2.45) is 11.8 Å². The lowest BCUT2D eigenvalue weighted by Gasteiger charge is -2.37. The van der Waals surface area contributed by atoms with Crippen molar-refractivity contribution >= 4 is 12.0 Å². The quantitative estimate of drug-likeness (QED) is 0.787. The molecular weight excluding hydrogens is 248 g/mol. The van der Waals surface area contributed by atoms with Crippen molar-refractivity contribution in [3.8, 4) is 0 Å². The molecule has 6 nitrogen and oxygen atoms in total. The van der Waals surface area contributed by atoms with Crippen LogP contribution in [0.25, 0.3) is 0 Å². The van der Waals surface area contributed by atoms with Crippen LogP contribution in [0, 0.1) is 11.8 Å². The minimum Gasteiger partial charge on any atom is -0.481 e. The van der Waals surface area contributed by atoms with Crippen LogP contribution in [0.2, 0.25) is 0 Å². The van der Waals surface area contributed by atoms with Gasteiger partial charge in [0.25, 0.3) is 0 Å². The number of piperidine rings is 1. The minimum atomic E-state index is -0.760. The second kappa shape index (κ2) is 5.77. The molecule has 19 heavy (non-hydrogen) atoms. The topological polar surface area (TPSA) is 81.1 Å². The molecule has 0 atom stereocenters. The predicted octanol–water partition coefficient (Wildman–Crippen LogP) is 0.606. The highest BCUT2D eigenvalue weighted by Gasteiger charge is 2.32. The molecule has 1 aliphatic heterocycles. The van der Waals surface area contributed by atoms with Gasteiger partial charge in [0.2, 0.25) is 0 Å². The number of carbonyl (C=O) groups is 2. The fourth-order valence-corrected chi connectivity index (χ4v) is 2.87. The van der Waals surface area contributed by atoms with Gasteiger partial charge in [-0.05, 0) is 31.6 Å². The molecule has 1 saturated carbocycles. The molecule has 2 N–H and O–H groups in total. The number of hydrogen-bond donors (Lipinski definition) is 2. The zero-order valence-corrected chi connectivity index (χ0v) is 11.3. The molecule has 0 aromatic rings. The van der Waals surface area contributed by atoms with Crippen LogP contribution >= 0.6 is 0 Å². The summed E-state index contributed by atoms with van der Waals surface area (Å²) in [4.78, 5) is 26.4. The molecular formula is C13H22N2O4. The summed E-state index contributed by atoms with van der Waals surface area (Å²) in [5.74, 6) is -0.666. The molecule has 1 heterocycles. The lowest BCUT2D eigenvalue weighted by atomic mass is 9.82. The Morgan fingerprint density at radius 2 is 1.84 bits per heavy atom. The molecule has 1 saturated heterocycles. The average Bonchev–Trinajstić information content (AvgIpc) is 2.36. The van der Waals surface area contributed by atoms with Gasteiger partial charge in [-0.3, -0.25) is 4.79 Å². The van der Waals surface area contributed by atoms with E-state index in [1.807, 2.05) is 0 Å². The van der Waals surface area contributed by atoms with E-state index >= 15 is 0 Å². The maximum atomic E-state index is 12.2. The van der Waals surface area contributed by atoms with E-state index in [1.165, 1.54) is 0 Å². The van der Waals surface area contributed by atoms with Gasteiger partial charge in [0.1, 0.15) is 0 Å². The molecule has 2 aliphatic rings. The number of urea groups is 1. The summed E-state index contributed by atoms with van der Waals surface area (Å²) in [5.41, 5.74) is 0. The number of hydrogen-bond acceptors (Lipinski definition) is 3. The van der Waals surface area contributed by atoms with Gasteiger partial charge >= 0.3 is 12.0 Å². The molecule has 0 spiro atoms. The van der Waals surface area contributed by atoms with Crippen molar-refractivity contribution in [1.82, 2.24) is 9.80 Å². The highest BCUT2D eigenvalue weighted by Crippen LogP contribution is 2.28. The minimum absolute atomic E-state index is 0.0229. The fraction of sp³-hybridized carbons (Fsp3) is 0.846. The highest BCUT2D eigenvalue weighted by molar-refractivity contribution is 5.75. The molecule has 1 aliphatic carbocycles. The number of aliphatic hydroxyl groups excluding tert-OH is 1. The number of amides is 2. The number of carbonyl (C=O) groups excluding carboxylic acids is 1. The third kappa shape index (κ3) is 3.37. The van der Waals surface area contributed by atoms with Gasteiger partial charge in [0, 0.05) is 26.7 Å². The Bertz CT molecular complexity index is 347. The summed E-state index contributed by atoms with van der Waals surface area (Å²) in [5, 5.41) is 18.1. The van der Waals surface area contributed by atoms with Crippen molar-refractivity contribution in [3.05, 3.63) is 0 Å². The standard InChI is InChI=1S/C13H22N2O4/c1-14(8-9-6-11(16)7-9)13(19)15-4-2-10(3-5-15)12(17)18/h9-11,16H,2-8H2,1H3,(H,17,18). The smallest absolute Gasteiger partial charge is 0.319 e. The molecule has 2 rings (SSSR count). The van der Waals surface area contributed by atoms with E-state index in [2.05, 4.69) is 0 Å². The van der Waals surface area contributed by atoms with Crippen LogP contribution in [0.15, 0.2) is 0 Å². The van der Waals surface area contributed by atoms with Gasteiger partial charge in [-0.2, -0.15) is 0 Å². The van der Waals surface area contributed by atoms with Crippen molar-refractivity contribution < 1.29 is 19.8 Å². The summed E-state index contributed by atoms with van der Waals surface area (Å²) in [6.07, 6.45) is 2.44. The second-order valence-corrected chi connectivity index (χ2v) is 5.75. The molecule has 2 fully saturated rings. The maximum Gasteiger partial charge on any atom is 0.319 e. The lowest BCUT2D eigenvalue weighted by molar-refractivity contribution is -0.143. The molecule has 2 amide bonds. The Morgan fingerprint density at radius 1 is 1.26 bits per heavy atom. The Kier molecular flexibility index (Phi) is 4.29. The molecule has 0 radical (unpaired) electrons. The Morgan fingerprint density at radius 3 is 2.32 bits per heavy atom. The normalized spacial score (nSPS) is 27.8. The van der Waals surface area contributed by atoms with Crippen molar-refractivity contribution in [3.63, 3.8) is 0 Å². The third-order valence-electron chi connectivity index (χ3n) is 4.18. The largest absolute Gasteiger partial charge is 0.481 e. The van der Waals surface area contributed by atoms with Gasteiger partial charge < -0.3 is 20.0 Å². The molecule has 0 bridgehead atoms. The van der Waals surface area contributed by atoms with Crippen LogP contribution in [-0.2, 0) is 4.79 Å². The second-order valence-electron chi connectivity index (χ2n) is 5.75. The third-order valence-corrected chi connectivity index (χ3v) is 4.18. The first-order chi connectivity index (χ1) is 8.97. The summed E-state index contributed by atoms with van der Waals surface area (Å²) in [7, 11) is 1.77. The van der Waals surface area contributed by atoms with Crippen molar-refractivity contribution in [2.45, 2.75) is 31.8 Å². The summed E-state index contributed by atoms with van der Waals surface area (Å²) >= 11 is 0. The molecule has 6 heteroatoms. The summed E-state index contributed by atoms with van der Waals surface area (Å²) in [6.45, 7) is 1.72. The SMILES string of the molecule is CN(CC1CC(O)C1)C(=O)N1CCC(C(=O)O)CC1. The van der Waals surface area contributed by atoms with Gasteiger partial charge in [0.15, 0.2) is 0 Å². The first-order valence-electron chi connectivity index (χ1n) is 6.88. The fourth-order valence-electron chi connectivity index (χ4n) is 2.87. The average molecular weight is 270 g/mol. The highest BCUT2D eigenvalue weighted by atomic mass is 16.4. The Balaban J connectivity index is 1.75. The molecule has 0 aromatic carbocycles. The lowest BCUT2D eigenvalue weighted by Crippen LogP contribution is -2.48. The van der Waals surface area contributed by atoms with Crippen molar-refractivity contribution in [1.29, 1.82) is 0 Å². The molecule has 108 valence electrons. The number of nitrogens with zero attached hydrogens (tertiary/aromatic N) is 2. The van der Waals surface area contributed by atoms with E-state index in [4.69, 9.17) is 5.11 Å². The Labute approximate surface area is 113 Å². The number of likely N-dealkylation sites (tertiary alicyclic amines) is 1. The van der Waals surface area contributed by atoms with E-state index in [1.54, 1.807) is 16.8 Å². The monoisotopic (exact) mass is 270 g/mol. The van der Waals surface area contributed by atoms with Crippen LogP contribution in [-0.4, -0.2) is 64.8 Å². The predicted molar refractivity (Wildman–Crippen MR) is 68.7 cm³/mol.